The molecule has 1 heterocycles. The summed E-state index contributed by atoms with van der Waals surface area (Å²) in [6, 6.07) is 9.70. The van der Waals surface area contributed by atoms with Gasteiger partial charge in [0.2, 0.25) is 10.0 Å². The highest BCUT2D eigenvalue weighted by Gasteiger charge is 2.42. The van der Waals surface area contributed by atoms with Crippen molar-refractivity contribution < 1.29 is 21.6 Å². The van der Waals surface area contributed by atoms with E-state index >= 15 is 0 Å². The molecule has 0 aliphatic rings. The molecule has 0 aliphatic carbocycles. The predicted molar refractivity (Wildman–Crippen MR) is 116 cm³/mol. The first kappa shape index (κ1) is 23.0. The molecule has 1 aromatic heterocycles. The number of benzene rings is 2. The molecule has 166 valence electrons. The quantitative estimate of drug-likeness (QED) is 0.565. The molecule has 0 radical (unpaired) electrons. The van der Waals surface area contributed by atoms with Crippen LogP contribution in [0.3, 0.4) is 0 Å². The van der Waals surface area contributed by atoms with Crippen LogP contribution in [0.4, 0.5) is 18.9 Å². The van der Waals surface area contributed by atoms with Gasteiger partial charge in [-0.05, 0) is 51.0 Å². The minimum atomic E-state index is -4.79. The highest BCUT2D eigenvalue weighted by Crippen LogP contribution is 2.27. The lowest BCUT2D eigenvalue weighted by molar-refractivity contribution is -0.148. The van der Waals surface area contributed by atoms with E-state index in [1.54, 1.807) is 58.0 Å². The fourth-order valence-electron chi connectivity index (χ4n) is 3.66. The van der Waals surface area contributed by atoms with Crippen molar-refractivity contribution in [3.05, 3.63) is 64.8 Å². The zero-order valence-electron chi connectivity index (χ0n) is 17.6. The molecule has 5 nitrogen and oxygen atoms in total. The molecule has 9 heteroatoms. The van der Waals surface area contributed by atoms with E-state index < -0.39 is 28.8 Å². The summed E-state index contributed by atoms with van der Waals surface area (Å²) in [7, 11) is -4.40. The number of nitrogens with zero attached hydrogens (tertiary/aromatic N) is 1. The number of fused-ring (bicyclic) bond motifs is 1. The first-order chi connectivity index (χ1) is 14.4. The molecule has 1 atom stereocenters. The van der Waals surface area contributed by atoms with Crippen LogP contribution in [0.15, 0.2) is 47.4 Å². The van der Waals surface area contributed by atoms with Crippen LogP contribution in [0.25, 0.3) is 10.9 Å². The Bertz CT molecular complexity index is 1200. The van der Waals surface area contributed by atoms with Crippen LogP contribution in [0.5, 0.6) is 0 Å². The lowest BCUT2D eigenvalue weighted by Crippen LogP contribution is -2.49. The number of rotatable bonds is 6. The molecule has 0 saturated carbocycles. The van der Waals surface area contributed by atoms with Crippen LogP contribution >= 0.6 is 0 Å². The summed E-state index contributed by atoms with van der Waals surface area (Å²) in [4.78, 5) is 4.26. The number of hydrogen-bond acceptors (Lipinski definition) is 4. The van der Waals surface area contributed by atoms with Crippen molar-refractivity contribution in [2.45, 2.75) is 44.8 Å². The van der Waals surface area contributed by atoms with Gasteiger partial charge in [-0.15, -0.1) is 0 Å². The average molecular weight is 452 g/mol. The van der Waals surface area contributed by atoms with Crippen molar-refractivity contribution in [3.8, 4) is 0 Å². The summed E-state index contributed by atoms with van der Waals surface area (Å²) in [5.74, 6) is 0. The topological polar surface area (TPSA) is 71.1 Å². The maximum Gasteiger partial charge on any atom is 0.406 e. The maximum absolute atomic E-state index is 13.7. The fraction of sp³-hybridized carbons (Fsp3) is 0.318. The number of pyridine rings is 1. The molecular weight excluding hydrogens is 427 g/mol. The summed E-state index contributed by atoms with van der Waals surface area (Å²) >= 11 is 0. The van der Waals surface area contributed by atoms with E-state index in [1.807, 2.05) is 16.9 Å². The Morgan fingerprint density at radius 3 is 2.26 bits per heavy atom. The molecule has 0 fully saturated rings. The highest BCUT2D eigenvalue weighted by molar-refractivity contribution is 7.89. The minimum absolute atomic E-state index is 0.130. The Kier molecular flexibility index (Phi) is 6.29. The van der Waals surface area contributed by atoms with Crippen LogP contribution in [0, 0.1) is 27.7 Å². The normalized spacial score (nSPS) is 13.4. The number of anilines is 1. The van der Waals surface area contributed by atoms with Crippen molar-refractivity contribution in [1.82, 2.24) is 9.71 Å². The number of nitrogens with one attached hydrogen (secondary N) is 2. The average Bonchev–Trinajstić information content (AvgIpc) is 2.63. The zero-order valence-corrected chi connectivity index (χ0v) is 18.4. The molecule has 3 aromatic rings. The van der Waals surface area contributed by atoms with Crippen LogP contribution in [0.1, 0.15) is 22.4 Å². The van der Waals surface area contributed by atoms with Crippen LogP contribution < -0.4 is 10.0 Å². The Hall–Kier alpha value is -2.65. The molecule has 0 saturated heterocycles. The molecule has 1 unspecified atom stereocenters. The number of aromatic nitrogens is 1. The van der Waals surface area contributed by atoms with Gasteiger partial charge in [0.05, 0.1) is 16.1 Å². The minimum Gasteiger partial charge on any atom is -0.381 e. The Morgan fingerprint density at radius 1 is 1.00 bits per heavy atom. The van der Waals surface area contributed by atoms with Gasteiger partial charge in [0.25, 0.3) is 0 Å². The zero-order chi connectivity index (χ0) is 23.0. The number of halogens is 3. The maximum atomic E-state index is 13.7. The van der Waals surface area contributed by atoms with Gasteiger partial charge >= 0.3 is 6.18 Å². The monoisotopic (exact) mass is 451 g/mol. The largest absolute Gasteiger partial charge is 0.406 e. The third-order valence-corrected chi connectivity index (χ3v) is 6.70. The molecule has 0 aliphatic heterocycles. The van der Waals surface area contributed by atoms with Gasteiger partial charge in [-0.3, -0.25) is 4.98 Å². The van der Waals surface area contributed by atoms with Gasteiger partial charge in [0.1, 0.15) is 6.04 Å². The van der Waals surface area contributed by atoms with Crippen LogP contribution in [0.2, 0.25) is 0 Å². The highest BCUT2D eigenvalue weighted by atomic mass is 32.2. The van der Waals surface area contributed by atoms with Crippen molar-refractivity contribution in [1.29, 1.82) is 0 Å². The Balaban J connectivity index is 1.90. The second kappa shape index (κ2) is 8.47. The van der Waals surface area contributed by atoms with Crippen LogP contribution in [-0.2, 0) is 10.0 Å². The SMILES string of the molecule is Cc1cc(C)c(S(=O)(=O)NC(CNc2cccc3ccc(C)nc23)C(F)(F)F)c(C)c1. The van der Waals surface area contributed by atoms with E-state index in [9.17, 15) is 21.6 Å². The van der Waals surface area contributed by atoms with Crippen molar-refractivity contribution in [2.75, 3.05) is 11.9 Å². The van der Waals surface area contributed by atoms with Crippen LogP contribution in [-0.4, -0.2) is 32.2 Å². The van der Waals surface area contributed by atoms with E-state index in [0.29, 0.717) is 22.3 Å². The smallest absolute Gasteiger partial charge is 0.381 e. The molecule has 2 aromatic carbocycles. The molecule has 0 amide bonds. The molecule has 0 spiro atoms. The second-order valence-corrected chi connectivity index (χ2v) is 9.30. The number of sulfonamides is 1. The van der Waals surface area contributed by atoms with E-state index in [4.69, 9.17) is 0 Å². The van der Waals surface area contributed by atoms with Crippen molar-refractivity contribution in [2.24, 2.45) is 0 Å². The third kappa shape index (κ3) is 5.16. The predicted octanol–water partition coefficient (Wildman–Crippen LogP) is 4.79. The van der Waals surface area contributed by atoms with Gasteiger partial charge < -0.3 is 5.32 Å². The summed E-state index contributed by atoms with van der Waals surface area (Å²) < 4.78 is 68.8. The summed E-state index contributed by atoms with van der Waals surface area (Å²) in [6.45, 7) is 6.04. The van der Waals surface area contributed by atoms with E-state index in [2.05, 4.69) is 10.3 Å². The van der Waals surface area contributed by atoms with Crippen molar-refractivity contribution >= 4 is 26.6 Å². The number of aryl methyl sites for hydroxylation is 4. The van der Waals surface area contributed by atoms with E-state index in [1.165, 1.54) is 0 Å². The molecule has 3 rings (SSSR count). The first-order valence-corrected chi connectivity index (χ1v) is 11.1. The lowest BCUT2D eigenvalue weighted by Gasteiger charge is -2.24. The van der Waals surface area contributed by atoms with Gasteiger partial charge in [0, 0.05) is 17.6 Å². The molecular formula is C22H24F3N3O2S. The summed E-state index contributed by atoms with van der Waals surface area (Å²) in [5.41, 5.74) is 3.27. The number of alkyl halides is 3. The lowest BCUT2D eigenvalue weighted by atomic mass is 10.1. The van der Waals surface area contributed by atoms with Gasteiger partial charge in [-0.25, -0.2) is 8.42 Å². The van der Waals surface area contributed by atoms with E-state index in [0.717, 1.165) is 16.6 Å². The van der Waals surface area contributed by atoms with E-state index in [-0.39, 0.29) is 4.90 Å². The second-order valence-electron chi connectivity index (χ2n) is 7.65. The number of para-hydroxylation sites is 1. The number of hydrogen-bond donors (Lipinski definition) is 2. The Morgan fingerprint density at radius 2 is 1.65 bits per heavy atom. The fourth-order valence-corrected chi connectivity index (χ4v) is 5.34. The molecule has 2 N–H and O–H groups in total. The van der Waals surface area contributed by atoms with Gasteiger partial charge in [-0.2, -0.15) is 17.9 Å². The molecule has 31 heavy (non-hydrogen) atoms. The van der Waals surface area contributed by atoms with Gasteiger partial charge in [-0.1, -0.05) is 35.9 Å². The van der Waals surface area contributed by atoms with Crippen molar-refractivity contribution in [3.63, 3.8) is 0 Å². The summed E-state index contributed by atoms with van der Waals surface area (Å²) in [6.07, 6.45) is -4.79. The standard InChI is InChI=1S/C22H24F3N3O2S/c1-13-10-14(2)21(15(3)11-13)31(29,30)28-19(22(23,24)25)12-26-18-7-5-6-17-9-8-16(4)27-20(17)18/h5-11,19,26,28H,12H2,1-4H3. The molecule has 0 bridgehead atoms. The first-order valence-electron chi connectivity index (χ1n) is 9.65. The summed E-state index contributed by atoms with van der Waals surface area (Å²) in [5, 5.41) is 3.49. The Labute approximate surface area is 179 Å². The van der Waals surface area contributed by atoms with Gasteiger partial charge in [0.15, 0.2) is 0 Å². The third-order valence-electron chi connectivity index (χ3n) is 4.92.